The minimum absolute atomic E-state index is 0.00141. The van der Waals surface area contributed by atoms with Crippen LogP contribution in [0.3, 0.4) is 0 Å². The van der Waals surface area contributed by atoms with E-state index < -0.39 is 63.7 Å². The molecule has 15 nitrogen and oxygen atoms in total. The molecule has 0 saturated carbocycles. The molecular formula is C51H63N5O10S. The fraction of sp³-hybridized carbons (Fsp3) is 0.373. The van der Waals surface area contributed by atoms with E-state index in [1.165, 1.54) is 30.0 Å². The number of benzene rings is 4. The summed E-state index contributed by atoms with van der Waals surface area (Å²) < 4.78 is 21.1. The average Bonchev–Trinajstić information content (AvgIpc) is 3.27. The quantitative estimate of drug-likeness (QED) is 0.0215. The topological polar surface area (TPSA) is 213 Å². The van der Waals surface area contributed by atoms with Crippen molar-refractivity contribution in [1.82, 2.24) is 21.3 Å². The Balaban J connectivity index is 1.54. The Kier molecular flexibility index (Phi) is 19.6. The van der Waals surface area contributed by atoms with E-state index in [2.05, 4.69) is 27.8 Å². The van der Waals surface area contributed by atoms with Gasteiger partial charge in [0.25, 0.3) is 0 Å². The van der Waals surface area contributed by atoms with Gasteiger partial charge in [-0.3, -0.25) is 9.59 Å². The normalized spacial score (nSPS) is 13.3. The van der Waals surface area contributed by atoms with Crippen LogP contribution in [-0.4, -0.2) is 90.7 Å². The number of aldehydes is 1. The summed E-state index contributed by atoms with van der Waals surface area (Å²) in [6.07, 6.45) is -0.111. The number of amides is 5. The molecule has 0 aliphatic heterocycles. The predicted molar refractivity (Wildman–Crippen MR) is 259 cm³/mol. The summed E-state index contributed by atoms with van der Waals surface area (Å²) in [6, 6.07) is 33.3. The van der Waals surface area contributed by atoms with Gasteiger partial charge in [0.05, 0.1) is 18.0 Å². The summed E-state index contributed by atoms with van der Waals surface area (Å²) in [4.78, 5) is 78.4. The van der Waals surface area contributed by atoms with Crippen molar-refractivity contribution in [3.63, 3.8) is 0 Å². The molecule has 6 N–H and O–H groups in total. The third kappa shape index (κ3) is 16.9. The van der Waals surface area contributed by atoms with E-state index >= 15 is 0 Å². The van der Waals surface area contributed by atoms with Crippen LogP contribution in [0.2, 0.25) is 0 Å². The first-order valence-electron chi connectivity index (χ1n) is 21.9. The summed E-state index contributed by atoms with van der Waals surface area (Å²) >= 11 is 1.43. The fourth-order valence-electron chi connectivity index (χ4n) is 6.91. The van der Waals surface area contributed by atoms with Gasteiger partial charge >= 0.3 is 18.3 Å². The Morgan fingerprint density at radius 1 is 0.701 bits per heavy atom. The van der Waals surface area contributed by atoms with Crippen molar-refractivity contribution < 1.29 is 47.7 Å². The highest BCUT2D eigenvalue weighted by atomic mass is 32.2. The first kappa shape index (κ1) is 53.0. The van der Waals surface area contributed by atoms with E-state index in [1.807, 2.05) is 91.0 Å². The van der Waals surface area contributed by atoms with Gasteiger partial charge in [-0.15, -0.1) is 18.3 Å². The molecule has 4 rings (SSSR count). The lowest BCUT2D eigenvalue weighted by atomic mass is 9.84. The number of carbonyl (C=O) groups excluding carboxylic acids is 6. The van der Waals surface area contributed by atoms with E-state index in [0.29, 0.717) is 11.8 Å². The molecule has 0 fully saturated rings. The SMILES string of the molecule is C=CCOCC(C=O)(Cc1ccc(OC(=O)NC(CCCNC(=O)OC(C)(C)C)C(=O)NC(CSC(c2ccccc2)(c2ccccc2)c2ccccc2)C(N)=O)cc1)NC(=O)OC(C)(C)C. The fourth-order valence-corrected chi connectivity index (χ4v) is 8.48. The van der Waals surface area contributed by atoms with Crippen molar-refractivity contribution in [3.8, 4) is 5.75 Å². The second kappa shape index (κ2) is 24.8. The number of primary amides is 1. The van der Waals surface area contributed by atoms with Crippen molar-refractivity contribution in [2.75, 3.05) is 25.5 Å². The van der Waals surface area contributed by atoms with Crippen LogP contribution in [0, 0.1) is 0 Å². The molecule has 16 heteroatoms. The van der Waals surface area contributed by atoms with Gasteiger partial charge in [0.2, 0.25) is 11.8 Å². The van der Waals surface area contributed by atoms with Gasteiger partial charge < -0.3 is 50.7 Å². The van der Waals surface area contributed by atoms with E-state index in [1.54, 1.807) is 53.7 Å². The van der Waals surface area contributed by atoms with Crippen molar-refractivity contribution in [3.05, 3.63) is 150 Å². The summed E-state index contributed by atoms with van der Waals surface area (Å²) in [5, 5.41) is 10.7. The van der Waals surface area contributed by atoms with Gasteiger partial charge in [0, 0.05) is 18.7 Å². The predicted octanol–water partition coefficient (Wildman–Crippen LogP) is 7.35. The van der Waals surface area contributed by atoms with Gasteiger partial charge in [-0.2, -0.15) is 0 Å². The molecule has 3 atom stereocenters. The minimum Gasteiger partial charge on any atom is -0.444 e. The maximum Gasteiger partial charge on any atom is 0.413 e. The second-order valence-corrected chi connectivity index (χ2v) is 19.0. The van der Waals surface area contributed by atoms with E-state index in [0.717, 1.165) is 16.7 Å². The van der Waals surface area contributed by atoms with Crippen LogP contribution in [0.25, 0.3) is 0 Å². The van der Waals surface area contributed by atoms with Gasteiger partial charge in [-0.25, -0.2) is 14.4 Å². The number of nitrogens with one attached hydrogen (secondary N) is 4. The largest absolute Gasteiger partial charge is 0.444 e. The maximum absolute atomic E-state index is 14.2. The van der Waals surface area contributed by atoms with Crippen LogP contribution in [0.15, 0.2) is 128 Å². The minimum atomic E-state index is -1.50. The molecular weight excluding hydrogens is 875 g/mol. The number of alkyl carbamates (subject to hydrolysis) is 2. The summed E-state index contributed by atoms with van der Waals surface area (Å²) in [5.74, 6) is -1.36. The smallest absolute Gasteiger partial charge is 0.413 e. The van der Waals surface area contributed by atoms with E-state index in [4.69, 9.17) is 24.7 Å². The molecule has 3 unspecified atom stereocenters. The number of rotatable bonds is 23. The molecule has 0 aliphatic carbocycles. The zero-order valence-corrected chi connectivity index (χ0v) is 39.8. The molecule has 358 valence electrons. The standard InChI is InChI=1S/C51H63N5O10S/c1-8-31-63-35-50(34-57,56-47(62)66-49(5,6)7)32-36-26-28-40(29-27-36)64-46(61)55-41(25-18-30-53-45(60)65-48(2,3)4)44(59)54-42(43(52)58)33-67-51(37-19-12-9-13-20-37,38-21-14-10-15-22-38)39-23-16-11-17-24-39/h8-17,19-24,26-29,34,41-42H,1,18,25,30-33,35H2,2-7H3,(H2,52,58)(H,53,60)(H,54,59)(H,55,61)(H,56,62). The molecule has 67 heavy (non-hydrogen) atoms. The second-order valence-electron chi connectivity index (χ2n) is 17.7. The summed E-state index contributed by atoms with van der Waals surface area (Å²) in [7, 11) is 0. The molecule has 0 saturated heterocycles. The Bertz CT molecular complexity index is 2150. The zero-order valence-electron chi connectivity index (χ0n) is 39.0. The Labute approximate surface area is 397 Å². The van der Waals surface area contributed by atoms with Crippen molar-refractivity contribution >= 4 is 48.1 Å². The van der Waals surface area contributed by atoms with Crippen molar-refractivity contribution in [2.24, 2.45) is 5.73 Å². The van der Waals surface area contributed by atoms with E-state index in [9.17, 15) is 28.8 Å². The number of nitrogens with two attached hydrogens (primary N) is 1. The number of hydrogen-bond donors (Lipinski definition) is 5. The van der Waals surface area contributed by atoms with Crippen LogP contribution < -0.4 is 31.7 Å². The number of ether oxygens (including phenoxy) is 4. The number of thioether (sulfide) groups is 1. The average molecular weight is 938 g/mol. The van der Waals surface area contributed by atoms with Crippen LogP contribution >= 0.6 is 11.8 Å². The van der Waals surface area contributed by atoms with Gasteiger partial charge in [0.15, 0.2) is 0 Å². The highest BCUT2D eigenvalue weighted by molar-refractivity contribution is 8.00. The van der Waals surface area contributed by atoms with Crippen molar-refractivity contribution in [2.45, 2.75) is 94.4 Å². The monoisotopic (exact) mass is 937 g/mol. The zero-order chi connectivity index (χ0) is 49.1. The number of hydrogen-bond acceptors (Lipinski definition) is 11. The molecule has 5 amide bonds. The first-order valence-corrected chi connectivity index (χ1v) is 22.9. The van der Waals surface area contributed by atoms with Gasteiger partial charge in [-0.1, -0.05) is 109 Å². The molecule has 4 aromatic carbocycles. The Hall–Kier alpha value is -6.65. The highest BCUT2D eigenvalue weighted by Crippen LogP contribution is 2.48. The first-order chi connectivity index (χ1) is 31.8. The van der Waals surface area contributed by atoms with Crippen molar-refractivity contribution in [1.29, 1.82) is 0 Å². The maximum atomic E-state index is 14.2. The Morgan fingerprint density at radius 3 is 1.70 bits per heavy atom. The van der Waals surface area contributed by atoms with E-state index in [-0.39, 0.29) is 50.5 Å². The third-order valence-electron chi connectivity index (χ3n) is 9.84. The lowest BCUT2D eigenvalue weighted by molar-refractivity contribution is -0.128. The van der Waals surface area contributed by atoms with Crippen LogP contribution in [0.4, 0.5) is 14.4 Å². The molecule has 0 aliphatic rings. The highest BCUT2D eigenvalue weighted by Gasteiger charge is 2.39. The van der Waals surface area contributed by atoms with Gasteiger partial charge in [0.1, 0.15) is 40.9 Å². The lowest BCUT2D eigenvalue weighted by Gasteiger charge is -2.36. The van der Waals surface area contributed by atoms with Crippen LogP contribution in [-0.2, 0) is 39.8 Å². The van der Waals surface area contributed by atoms with Crippen LogP contribution in [0.5, 0.6) is 5.75 Å². The summed E-state index contributed by atoms with van der Waals surface area (Å²) in [5.41, 5.74) is 6.34. The molecule has 4 aromatic rings. The molecule has 0 bridgehead atoms. The molecule has 0 radical (unpaired) electrons. The molecule has 0 aromatic heterocycles. The number of carbonyl (C=O) groups is 6. The summed E-state index contributed by atoms with van der Waals surface area (Å²) in [6.45, 7) is 14.0. The molecule has 0 heterocycles. The molecule has 0 spiro atoms. The lowest BCUT2D eigenvalue weighted by Crippen LogP contribution is -2.56. The third-order valence-corrected chi connectivity index (χ3v) is 11.5. The Morgan fingerprint density at radius 2 is 1.22 bits per heavy atom. The van der Waals surface area contributed by atoms with Crippen LogP contribution in [0.1, 0.15) is 76.6 Å². The van der Waals surface area contributed by atoms with Gasteiger partial charge in [-0.05, 0) is 88.8 Å².